The van der Waals surface area contributed by atoms with Crippen LogP contribution in [0, 0.1) is 18.3 Å². The number of rotatable bonds is 5. The Balaban J connectivity index is 1.87. The molecule has 4 heterocycles. The van der Waals surface area contributed by atoms with Crippen LogP contribution >= 0.6 is 0 Å². The molecule has 0 aromatic carbocycles. The van der Waals surface area contributed by atoms with E-state index in [1.807, 2.05) is 13.0 Å². The van der Waals surface area contributed by atoms with Gasteiger partial charge in [-0.05, 0) is 49.7 Å². The van der Waals surface area contributed by atoms with Crippen LogP contribution in [0.25, 0.3) is 28.2 Å². The summed E-state index contributed by atoms with van der Waals surface area (Å²) in [4.78, 5) is 12.5. The Morgan fingerprint density at radius 1 is 1.12 bits per heavy atom. The lowest BCUT2D eigenvalue weighted by Gasteiger charge is -2.17. The lowest BCUT2D eigenvalue weighted by atomic mass is 10.1. The van der Waals surface area contributed by atoms with Crippen molar-refractivity contribution in [2.45, 2.75) is 31.0 Å². The van der Waals surface area contributed by atoms with Gasteiger partial charge in [0.25, 0.3) is 0 Å². The summed E-state index contributed by atoms with van der Waals surface area (Å²) in [5, 5.41) is 9.90. The van der Waals surface area contributed by atoms with E-state index < -0.39 is 27.1 Å². The van der Waals surface area contributed by atoms with E-state index in [0.29, 0.717) is 29.5 Å². The van der Waals surface area contributed by atoms with Crippen molar-refractivity contribution in [2.75, 3.05) is 0 Å². The highest BCUT2D eigenvalue weighted by molar-refractivity contribution is 7.89. The zero-order valence-corrected chi connectivity index (χ0v) is 18.7. The lowest BCUT2D eigenvalue weighted by Crippen LogP contribution is -2.42. The number of hydrogen-bond donors (Lipinski definition) is 1. The van der Waals surface area contributed by atoms with E-state index in [4.69, 9.17) is 0 Å². The number of aromatic nitrogens is 4. The molecular formula is C22H17F3N6O2S. The summed E-state index contributed by atoms with van der Waals surface area (Å²) in [6, 6.07) is 9.38. The number of fused-ring (bicyclic) bond motifs is 1. The van der Waals surface area contributed by atoms with Crippen molar-refractivity contribution in [3.63, 3.8) is 0 Å². The predicted molar refractivity (Wildman–Crippen MR) is 117 cm³/mol. The van der Waals surface area contributed by atoms with E-state index in [-0.39, 0.29) is 11.3 Å². The van der Waals surface area contributed by atoms with Crippen molar-refractivity contribution in [3.8, 4) is 23.3 Å². The van der Waals surface area contributed by atoms with Crippen LogP contribution in [0.1, 0.15) is 18.1 Å². The molecule has 34 heavy (non-hydrogen) atoms. The first-order chi connectivity index (χ1) is 16.0. The van der Waals surface area contributed by atoms with Crippen LogP contribution in [0.3, 0.4) is 0 Å². The molecule has 0 saturated carbocycles. The van der Waals surface area contributed by atoms with Gasteiger partial charge >= 0.3 is 6.18 Å². The maximum Gasteiger partial charge on any atom is 0.404 e. The van der Waals surface area contributed by atoms with E-state index in [9.17, 15) is 26.9 Å². The second-order valence-electron chi connectivity index (χ2n) is 7.50. The average molecular weight is 486 g/mol. The van der Waals surface area contributed by atoms with Crippen LogP contribution < -0.4 is 4.72 Å². The maximum atomic E-state index is 12.8. The molecule has 0 amide bonds. The first kappa shape index (κ1) is 23.3. The molecular weight excluding hydrogens is 469 g/mol. The molecule has 0 bridgehead atoms. The molecule has 0 saturated heterocycles. The number of nitrogens with zero attached hydrogens (tertiary/aromatic N) is 5. The SMILES string of the molecule is Cc1cnc2c(C#N)c(-c3ccc(S(=O)(=O)NC(C)C(F)(F)F)cn3)n(-c3ccccn3)c2c1. The predicted octanol–water partition coefficient (Wildman–Crippen LogP) is 3.89. The first-order valence-electron chi connectivity index (χ1n) is 9.91. The highest BCUT2D eigenvalue weighted by atomic mass is 32.2. The monoisotopic (exact) mass is 486 g/mol. The minimum atomic E-state index is -4.74. The van der Waals surface area contributed by atoms with Crippen LogP contribution in [0.5, 0.6) is 0 Å². The summed E-state index contributed by atoms with van der Waals surface area (Å²) < 4.78 is 66.5. The molecule has 4 aromatic heterocycles. The number of pyridine rings is 3. The summed E-state index contributed by atoms with van der Waals surface area (Å²) in [5.41, 5.74) is 2.61. The molecule has 0 spiro atoms. The maximum absolute atomic E-state index is 12.8. The van der Waals surface area contributed by atoms with Gasteiger partial charge in [-0.2, -0.15) is 23.2 Å². The Labute approximate surface area is 192 Å². The number of alkyl halides is 3. The van der Waals surface area contributed by atoms with Gasteiger partial charge in [0.2, 0.25) is 10.0 Å². The molecule has 1 N–H and O–H groups in total. The summed E-state index contributed by atoms with van der Waals surface area (Å²) >= 11 is 0. The third-order valence-corrected chi connectivity index (χ3v) is 6.57. The summed E-state index contributed by atoms with van der Waals surface area (Å²) in [6.07, 6.45) is -0.596. The van der Waals surface area contributed by atoms with Gasteiger partial charge in [0, 0.05) is 18.6 Å². The average Bonchev–Trinajstić information content (AvgIpc) is 3.12. The van der Waals surface area contributed by atoms with E-state index in [1.54, 1.807) is 39.9 Å². The minimum absolute atomic E-state index is 0.201. The number of aryl methyl sites for hydroxylation is 1. The lowest BCUT2D eigenvalue weighted by molar-refractivity contribution is -0.147. The molecule has 174 valence electrons. The smallest absolute Gasteiger partial charge is 0.289 e. The fraction of sp³-hybridized carbons (Fsp3) is 0.182. The van der Waals surface area contributed by atoms with Crippen molar-refractivity contribution in [1.29, 1.82) is 5.26 Å². The van der Waals surface area contributed by atoms with Crippen molar-refractivity contribution >= 4 is 21.1 Å². The second kappa shape index (κ2) is 8.51. The summed E-state index contributed by atoms with van der Waals surface area (Å²) in [5.74, 6) is 0.482. The zero-order chi connectivity index (χ0) is 24.7. The largest absolute Gasteiger partial charge is 0.404 e. The van der Waals surface area contributed by atoms with Gasteiger partial charge in [-0.3, -0.25) is 14.5 Å². The topological polar surface area (TPSA) is 114 Å². The standard InChI is InChI=1S/C22H17F3N6O2S/c1-13-9-18-20(29-11-13)16(10-26)21(31(18)19-5-3-4-8-27-19)17-7-6-15(12-28-17)34(32,33)30-14(2)22(23,24)25/h3-9,11-12,14,30H,1-2H3. The number of sulfonamides is 1. The Bertz CT molecular complexity index is 1510. The Hall–Kier alpha value is -3.82. The summed E-state index contributed by atoms with van der Waals surface area (Å²) in [6.45, 7) is 2.56. The molecule has 8 nitrogen and oxygen atoms in total. The van der Waals surface area contributed by atoms with E-state index in [0.717, 1.165) is 17.8 Å². The number of halogens is 3. The van der Waals surface area contributed by atoms with Gasteiger partial charge < -0.3 is 0 Å². The number of hydrogen-bond acceptors (Lipinski definition) is 6. The molecule has 0 radical (unpaired) electrons. The Kier molecular flexibility index (Phi) is 5.84. The first-order valence-corrected chi connectivity index (χ1v) is 11.4. The highest BCUT2D eigenvalue weighted by Gasteiger charge is 2.39. The van der Waals surface area contributed by atoms with Crippen LogP contribution in [0.15, 0.2) is 59.9 Å². The van der Waals surface area contributed by atoms with Crippen LogP contribution in [-0.4, -0.2) is 40.2 Å². The molecule has 1 atom stereocenters. The number of nitriles is 1. The molecule has 0 aliphatic rings. The normalized spacial score (nSPS) is 13.1. The van der Waals surface area contributed by atoms with Crippen molar-refractivity contribution < 1.29 is 21.6 Å². The second-order valence-corrected chi connectivity index (χ2v) is 9.22. The van der Waals surface area contributed by atoms with E-state index in [1.165, 1.54) is 6.07 Å². The Morgan fingerprint density at radius 2 is 1.88 bits per heavy atom. The third kappa shape index (κ3) is 4.23. The quantitative estimate of drug-likeness (QED) is 0.458. The molecule has 1 unspecified atom stereocenters. The third-order valence-electron chi connectivity index (χ3n) is 5.04. The van der Waals surface area contributed by atoms with Crippen molar-refractivity contribution in [3.05, 3.63) is 66.1 Å². The van der Waals surface area contributed by atoms with Gasteiger partial charge in [0.15, 0.2) is 0 Å². The molecule has 12 heteroatoms. The van der Waals surface area contributed by atoms with Gasteiger partial charge in [0.1, 0.15) is 33.9 Å². The van der Waals surface area contributed by atoms with E-state index >= 15 is 0 Å². The summed E-state index contributed by atoms with van der Waals surface area (Å²) in [7, 11) is -4.48. The van der Waals surface area contributed by atoms with Crippen LogP contribution in [0.4, 0.5) is 13.2 Å². The molecule has 4 aromatic rings. The number of nitrogens with one attached hydrogen (secondary N) is 1. The van der Waals surface area contributed by atoms with Crippen LogP contribution in [0.2, 0.25) is 0 Å². The highest BCUT2D eigenvalue weighted by Crippen LogP contribution is 2.34. The molecule has 4 rings (SSSR count). The minimum Gasteiger partial charge on any atom is -0.289 e. The van der Waals surface area contributed by atoms with Crippen LogP contribution in [-0.2, 0) is 10.0 Å². The van der Waals surface area contributed by atoms with Gasteiger partial charge in [-0.1, -0.05) is 6.07 Å². The van der Waals surface area contributed by atoms with Gasteiger partial charge in [0.05, 0.1) is 16.9 Å². The zero-order valence-electron chi connectivity index (χ0n) is 17.9. The van der Waals surface area contributed by atoms with Crippen molar-refractivity contribution in [2.24, 2.45) is 0 Å². The fourth-order valence-corrected chi connectivity index (χ4v) is 4.55. The molecule has 0 fully saturated rings. The Morgan fingerprint density at radius 3 is 2.47 bits per heavy atom. The van der Waals surface area contributed by atoms with Gasteiger partial charge in [-0.15, -0.1) is 0 Å². The molecule has 0 aliphatic carbocycles. The van der Waals surface area contributed by atoms with E-state index in [2.05, 4.69) is 21.0 Å². The fourth-order valence-electron chi connectivity index (χ4n) is 3.38. The van der Waals surface area contributed by atoms with Crippen molar-refractivity contribution in [1.82, 2.24) is 24.2 Å². The molecule has 0 aliphatic heterocycles. The van der Waals surface area contributed by atoms with Gasteiger partial charge in [-0.25, -0.2) is 13.4 Å².